The second-order valence-electron chi connectivity index (χ2n) is 7.97. The van der Waals surface area contributed by atoms with E-state index in [1.165, 1.54) is 32.1 Å². The van der Waals surface area contributed by atoms with Crippen LogP contribution in [-0.4, -0.2) is 41.8 Å². The standard InChI is InChI=1S/C18H34N2O2/c1-5-14-8-6-10-16(14)19-15-9-7-12-20(13-11-15)17(21)22-18(2,3)4/h14-16,19H,5-13H2,1-4H3. The Morgan fingerprint density at radius 3 is 2.59 bits per heavy atom. The van der Waals surface area contributed by atoms with Crippen LogP contribution in [0.15, 0.2) is 0 Å². The van der Waals surface area contributed by atoms with E-state index in [2.05, 4.69) is 12.2 Å². The van der Waals surface area contributed by atoms with Gasteiger partial charge in [-0.2, -0.15) is 0 Å². The molecular weight excluding hydrogens is 276 g/mol. The van der Waals surface area contributed by atoms with E-state index >= 15 is 0 Å². The van der Waals surface area contributed by atoms with Gasteiger partial charge in [-0.1, -0.05) is 19.8 Å². The van der Waals surface area contributed by atoms with Gasteiger partial charge in [0.15, 0.2) is 0 Å². The normalized spacial score (nSPS) is 30.2. The van der Waals surface area contributed by atoms with Gasteiger partial charge in [0.05, 0.1) is 0 Å². The van der Waals surface area contributed by atoms with Crippen molar-refractivity contribution in [1.29, 1.82) is 0 Å². The molecular formula is C18H34N2O2. The minimum Gasteiger partial charge on any atom is -0.444 e. The Labute approximate surface area is 136 Å². The number of carbonyl (C=O) groups is 1. The molecule has 0 aromatic rings. The van der Waals surface area contributed by atoms with E-state index in [4.69, 9.17) is 4.74 Å². The number of nitrogens with one attached hydrogen (secondary N) is 1. The zero-order chi connectivity index (χ0) is 16.2. The highest BCUT2D eigenvalue weighted by Crippen LogP contribution is 2.29. The van der Waals surface area contributed by atoms with E-state index < -0.39 is 5.60 Å². The number of likely N-dealkylation sites (tertiary alicyclic amines) is 1. The van der Waals surface area contributed by atoms with Crippen LogP contribution in [0, 0.1) is 5.92 Å². The fourth-order valence-electron chi connectivity index (χ4n) is 3.82. The molecule has 0 radical (unpaired) electrons. The van der Waals surface area contributed by atoms with Crippen LogP contribution >= 0.6 is 0 Å². The highest BCUT2D eigenvalue weighted by molar-refractivity contribution is 5.68. The molecule has 0 bridgehead atoms. The summed E-state index contributed by atoms with van der Waals surface area (Å²) in [7, 11) is 0. The van der Waals surface area contributed by atoms with Crippen molar-refractivity contribution in [2.24, 2.45) is 5.92 Å². The maximum absolute atomic E-state index is 12.2. The molecule has 0 aromatic heterocycles. The predicted molar refractivity (Wildman–Crippen MR) is 90.0 cm³/mol. The van der Waals surface area contributed by atoms with Crippen LogP contribution in [0.4, 0.5) is 4.79 Å². The number of hydrogen-bond donors (Lipinski definition) is 1. The van der Waals surface area contributed by atoms with Gasteiger partial charge in [0, 0.05) is 25.2 Å². The van der Waals surface area contributed by atoms with Gasteiger partial charge in [-0.3, -0.25) is 0 Å². The Balaban J connectivity index is 1.81. The molecule has 2 rings (SSSR count). The summed E-state index contributed by atoms with van der Waals surface area (Å²) in [4.78, 5) is 14.1. The summed E-state index contributed by atoms with van der Waals surface area (Å²) in [6, 6.07) is 1.26. The van der Waals surface area contributed by atoms with Crippen LogP contribution in [0.3, 0.4) is 0 Å². The largest absolute Gasteiger partial charge is 0.444 e. The van der Waals surface area contributed by atoms with Crippen LogP contribution in [0.25, 0.3) is 0 Å². The van der Waals surface area contributed by atoms with Gasteiger partial charge >= 0.3 is 6.09 Å². The average molecular weight is 310 g/mol. The Morgan fingerprint density at radius 2 is 1.91 bits per heavy atom. The van der Waals surface area contributed by atoms with Crippen molar-refractivity contribution in [2.75, 3.05) is 13.1 Å². The van der Waals surface area contributed by atoms with Crippen LogP contribution in [-0.2, 0) is 4.74 Å². The lowest BCUT2D eigenvalue weighted by Crippen LogP contribution is -2.41. The molecule has 3 unspecified atom stereocenters. The fourth-order valence-corrected chi connectivity index (χ4v) is 3.82. The fraction of sp³-hybridized carbons (Fsp3) is 0.944. The summed E-state index contributed by atoms with van der Waals surface area (Å²) in [5.41, 5.74) is -0.404. The first-order valence-electron chi connectivity index (χ1n) is 9.13. The van der Waals surface area contributed by atoms with Crippen molar-refractivity contribution in [3.8, 4) is 0 Å². The molecule has 2 aliphatic rings. The second kappa shape index (κ2) is 7.67. The number of rotatable bonds is 3. The van der Waals surface area contributed by atoms with Gasteiger partial charge in [0.2, 0.25) is 0 Å². The summed E-state index contributed by atoms with van der Waals surface area (Å²) in [6.45, 7) is 9.74. The maximum atomic E-state index is 12.2. The van der Waals surface area contributed by atoms with Gasteiger partial charge in [0.25, 0.3) is 0 Å². The zero-order valence-electron chi connectivity index (χ0n) is 14.9. The lowest BCUT2D eigenvalue weighted by Gasteiger charge is -2.27. The van der Waals surface area contributed by atoms with E-state index in [9.17, 15) is 4.79 Å². The molecule has 1 heterocycles. The summed E-state index contributed by atoms with van der Waals surface area (Å²) in [6.07, 6.45) is 8.50. The molecule has 1 saturated carbocycles. The van der Waals surface area contributed by atoms with Crippen molar-refractivity contribution in [3.05, 3.63) is 0 Å². The lowest BCUT2D eigenvalue weighted by atomic mass is 9.98. The molecule has 2 fully saturated rings. The lowest BCUT2D eigenvalue weighted by molar-refractivity contribution is 0.0256. The van der Waals surface area contributed by atoms with Crippen LogP contribution in [0.5, 0.6) is 0 Å². The molecule has 4 nitrogen and oxygen atoms in total. The molecule has 4 heteroatoms. The number of carbonyl (C=O) groups excluding carboxylic acids is 1. The Hall–Kier alpha value is -0.770. The van der Waals surface area contributed by atoms with Crippen molar-refractivity contribution in [3.63, 3.8) is 0 Å². The maximum Gasteiger partial charge on any atom is 0.410 e. The van der Waals surface area contributed by atoms with E-state index in [1.54, 1.807) is 0 Å². The monoisotopic (exact) mass is 310 g/mol. The summed E-state index contributed by atoms with van der Waals surface area (Å²) < 4.78 is 5.50. The summed E-state index contributed by atoms with van der Waals surface area (Å²) in [5.74, 6) is 0.852. The molecule has 1 amide bonds. The third kappa shape index (κ3) is 5.15. The highest BCUT2D eigenvalue weighted by Gasteiger charge is 2.30. The van der Waals surface area contributed by atoms with E-state index in [0.717, 1.165) is 31.8 Å². The number of ether oxygens (including phenoxy) is 1. The van der Waals surface area contributed by atoms with Crippen molar-refractivity contribution in [1.82, 2.24) is 10.2 Å². The summed E-state index contributed by atoms with van der Waals surface area (Å²) in [5, 5.41) is 3.89. The molecule has 3 atom stereocenters. The summed E-state index contributed by atoms with van der Waals surface area (Å²) >= 11 is 0. The third-order valence-corrected chi connectivity index (χ3v) is 5.01. The molecule has 1 saturated heterocycles. The second-order valence-corrected chi connectivity index (χ2v) is 7.97. The predicted octanol–water partition coefficient (Wildman–Crippen LogP) is 3.94. The quantitative estimate of drug-likeness (QED) is 0.858. The first-order valence-corrected chi connectivity index (χ1v) is 9.13. The molecule has 0 aromatic carbocycles. The number of hydrogen-bond acceptors (Lipinski definition) is 3. The molecule has 128 valence electrons. The minimum absolute atomic E-state index is 0.152. The Bertz CT molecular complexity index is 365. The SMILES string of the molecule is CCC1CCCC1NC1CCCN(C(=O)OC(C)(C)C)CC1. The molecule has 0 spiro atoms. The molecule has 22 heavy (non-hydrogen) atoms. The first kappa shape index (κ1) is 17.6. The van der Waals surface area contributed by atoms with Crippen molar-refractivity contribution in [2.45, 2.75) is 90.3 Å². The third-order valence-electron chi connectivity index (χ3n) is 5.01. The van der Waals surface area contributed by atoms with Crippen LogP contribution in [0.2, 0.25) is 0 Å². The van der Waals surface area contributed by atoms with E-state index in [1.807, 2.05) is 25.7 Å². The molecule has 1 N–H and O–H groups in total. The zero-order valence-corrected chi connectivity index (χ0v) is 14.9. The van der Waals surface area contributed by atoms with Crippen LogP contribution < -0.4 is 5.32 Å². The van der Waals surface area contributed by atoms with Gasteiger partial charge in [0.1, 0.15) is 5.60 Å². The van der Waals surface area contributed by atoms with Crippen LogP contribution in [0.1, 0.15) is 72.6 Å². The van der Waals surface area contributed by atoms with Gasteiger partial charge in [-0.15, -0.1) is 0 Å². The smallest absolute Gasteiger partial charge is 0.410 e. The topological polar surface area (TPSA) is 41.6 Å². The van der Waals surface area contributed by atoms with E-state index in [0.29, 0.717) is 12.1 Å². The number of nitrogens with zero attached hydrogens (tertiary/aromatic N) is 1. The van der Waals surface area contributed by atoms with Gasteiger partial charge < -0.3 is 15.0 Å². The van der Waals surface area contributed by atoms with Crippen molar-refractivity contribution < 1.29 is 9.53 Å². The van der Waals surface area contributed by atoms with E-state index in [-0.39, 0.29) is 6.09 Å². The first-order chi connectivity index (χ1) is 10.4. The molecule has 1 aliphatic heterocycles. The average Bonchev–Trinajstić information content (AvgIpc) is 2.73. The Kier molecular flexibility index (Phi) is 6.13. The van der Waals surface area contributed by atoms with Crippen molar-refractivity contribution >= 4 is 6.09 Å². The van der Waals surface area contributed by atoms with Gasteiger partial charge in [-0.25, -0.2) is 4.79 Å². The molecule has 1 aliphatic carbocycles. The highest BCUT2D eigenvalue weighted by atomic mass is 16.6. The van der Waals surface area contributed by atoms with Gasteiger partial charge in [-0.05, 0) is 58.8 Å². The Morgan fingerprint density at radius 1 is 1.14 bits per heavy atom. The minimum atomic E-state index is -0.404. The number of amides is 1.